The van der Waals surface area contributed by atoms with Crippen LogP contribution in [0, 0.1) is 11.3 Å². The van der Waals surface area contributed by atoms with E-state index in [0.717, 1.165) is 4.90 Å². The lowest BCUT2D eigenvalue weighted by atomic mass is 10.1. The number of nitrogens with zero attached hydrogens (tertiary/aromatic N) is 2. The number of nitriles is 1. The Morgan fingerprint density at radius 1 is 1.31 bits per heavy atom. The van der Waals surface area contributed by atoms with Crippen molar-refractivity contribution in [2.45, 2.75) is 12.8 Å². The molecule has 66 valence electrons. The Hall–Kier alpha value is -1.28. The topological polar surface area (TPSA) is 61.2 Å². The lowest BCUT2D eigenvalue weighted by Crippen LogP contribution is -2.34. The summed E-state index contributed by atoms with van der Waals surface area (Å²) in [5, 5.41) is 9.30. The van der Waals surface area contributed by atoms with Crippen LogP contribution in [0.4, 0.5) is 0 Å². The van der Waals surface area contributed by atoms with E-state index >= 15 is 0 Å². The summed E-state index contributed by atoms with van der Waals surface area (Å²) in [6, 6.07) is 2.03. The molecule has 1 saturated heterocycles. The highest BCUT2D eigenvalue weighted by Gasteiger charge is 2.37. The molecule has 2 rings (SSSR count). The third kappa shape index (κ3) is 1.14. The highest BCUT2D eigenvalue weighted by atomic mass is 32.2. The summed E-state index contributed by atoms with van der Waals surface area (Å²) in [6.45, 7) is 0. The molecule has 0 unspecified atom stereocenters. The molecule has 13 heavy (non-hydrogen) atoms. The maximum absolute atomic E-state index is 11.3. The first-order valence-corrected chi connectivity index (χ1v) is 4.84. The minimum atomic E-state index is -0.197. The lowest BCUT2D eigenvalue weighted by molar-refractivity contribution is -0.140. The van der Waals surface area contributed by atoms with Crippen LogP contribution >= 0.6 is 11.8 Å². The Kier molecular flexibility index (Phi) is 1.85. The molecule has 2 amide bonds. The second-order valence-electron chi connectivity index (χ2n) is 2.81. The van der Waals surface area contributed by atoms with Crippen LogP contribution in [0.5, 0.6) is 0 Å². The van der Waals surface area contributed by atoms with Crippen molar-refractivity contribution in [3.05, 3.63) is 10.6 Å². The van der Waals surface area contributed by atoms with Gasteiger partial charge < -0.3 is 0 Å². The van der Waals surface area contributed by atoms with E-state index in [1.807, 2.05) is 6.07 Å². The smallest absolute Gasteiger partial charge is 0.244 e. The number of imide groups is 1. The van der Waals surface area contributed by atoms with Crippen LogP contribution in [0.25, 0.3) is 0 Å². The first kappa shape index (κ1) is 8.32. The first-order valence-electron chi connectivity index (χ1n) is 3.86. The van der Waals surface area contributed by atoms with Crippen molar-refractivity contribution >= 4 is 23.6 Å². The fourth-order valence-corrected chi connectivity index (χ4v) is 2.45. The zero-order valence-corrected chi connectivity index (χ0v) is 7.56. The highest BCUT2D eigenvalue weighted by molar-refractivity contribution is 8.04. The highest BCUT2D eigenvalue weighted by Crippen LogP contribution is 2.36. The number of fused-ring (bicyclic) bond motifs is 1. The van der Waals surface area contributed by atoms with E-state index < -0.39 is 0 Å². The summed E-state index contributed by atoms with van der Waals surface area (Å²) in [7, 11) is 0. The number of hydrogen-bond donors (Lipinski definition) is 0. The van der Waals surface area contributed by atoms with E-state index in [-0.39, 0.29) is 24.0 Å². The molecule has 1 fully saturated rings. The van der Waals surface area contributed by atoms with Crippen LogP contribution in [0.2, 0.25) is 0 Å². The normalized spacial score (nSPS) is 21.9. The van der Waals surface area contributed by atoms with Crippen LogP contribution in [-0.2, 0) is 9.59 Å². The molecular formula is C8H6N2O2S. The van der Waals surface area contributed by atoms with E-state index in [0.29, 0.717) is 17.0 Å². The summed E-state index contributed by atoms with van der Waals surface area (Å²) >= 11 is 1.28. The molecule has 0 bridgehead atoms. The second kappa shape index (κ2) is 2.89. The maximum atomic E-state index is 11.3. The average molecular weight is 194 g/mol. The third-order valence-electron chi connectivity index (χ3n) is 2.02. The van der Waals surface area contributed by atoms with Crippen LogP contribution in [0.3, 0.4) is 0 Å². The number of rotatable bonds is 0. The van der Waals surface area contributed by atoms with Gasteiger partial charge in [-0.2, -0.15) is 5.26 Å². The average Bonchev–Trinajstić information content (AvgIpc) is 2.50. The molecule has 0 atom stereocenters. The molecule has 2 aliphatic heterocycles. The van der Waals surface area contributed by atoms with Crippen molar-refractivity contribution in [2.75, 3.05) is 5.75 Å². The lowest BCUT2D eigenvalue weighted by Gasteiger charge is -2.20. The largest absolute Gasteiger partial charge is 0.274 e. The summed E-state index contributed by atoms with van der Waals surface area (Å²) in [5.41, 5.74) is 0.565. The predicted molar refractivity (Wildman–Crippen MR) is 46.2 cm³/mol. The van der Waals surface area contributed by atoms with Crippen molar-refractivity contribution in [1.29, 1.82) is 5.26 Å². The number of amides is 2. The molecule has 0 spiro atoms. The van der Waals surface area contributed by atoms with Gasteiger partial charge in [-0.25, -0.2) is 4.90 Å². The summed E-state index contributed by atoms with van der Waals surface area (Å²) in [4.78, 5) is 23.7. The molecule has 2 aliphatic rings. The van der Waals surface area contributed by atoms with Gasteiger partial charge in [0.1, 0.15) is 0 Å². The van der Waals surface area contributed by atoms with E-state index in [2.05, 4.69) is 0 Å². The van der Waals surface area contributed by atoms with Gasteiger partial charge in [0.2, 0.25) is 11.8 Å². The van der Waals surface area contributed by atoms with Crippen molar-refractivity contribution in [2.24, 2.45) is 0 Å². The Labute approximate surface area is 79.2 Å². The number of thioether (sulfide) groups is 1. The zero-order chi connectivity index (χ0) is 9.42. The van der Waals surface area contributed by atoms with Crippen molar-refractivity contribution in [3.8, 4) is 6.07 Å². The van der Waals surface area contributed by atoms with Crippen molar-refractivity contribution in [3.63, 3.8) is 0 Å². The minimum absolute atomic E-state index is 0.177. The van der Waals surface area contributed by atoms with Crippen LogP contribution in [0.15, 0.2) is 10.6 Å². The van der Waals surface area contributed by atoms with Gasteiger partial charge in [-0.15, -0.1) is 0 Å². The van der Waals surface area contributed by atoms with Gasteiger partial charge >= 0.3 is 0 Å². The van der Waals surface area contributed by atoms with Crippen LogP contribution in [-0.4, -0.2) is 22.5 Å². The van der Waals surface area contributed by atoms with Crippen molar-refractivity contribution in [1.82, 2.24) is 4.90 Å². The fraction of sp³-hybridized carbons (Fsp3) is 0.375. The Balaban J connectivity index is 2.48. The number of hydrogen-bond acceptors (Lipinski definition) is 4. The summed E-state index contributed by atoms with van der Waals surface area (Å²) < 4.78 is 0. The monoisotopic (exact) mass is 194 g/mol. The number of carbonyl (C=O) groups excluding carboxylic acids is 2. The van der Waals surface area contributed by atoms with Gasteiger partial charge in [0.05, 0.1) is 22.4 Å². The second-order valence-corrected chi connectivity index (χ2v) is 3.77. The molecule has 0 saturated carbocycles. The molecule has 0 aromatic heterocycles. The molecule has 0 N–H and O–H groups in total. The van der Waals surface area contributed by atoms with Crippen molar-refractivity contribution < 1.29 is 9.59 Å². The number of allylic oxidation sites excluding steroid dienone is 1. The third-order valence-corrected chi connectivity index (χ3v) is 3.11. The van der Waals surface area contributed by atoms with E-state index in [1.165, 1.54) is 11.8 Å². The molecule has 0 aromatic carbocycles. The Morgan fingerprint density at radius 2 is 2.08 bits per heavy atom. The molecule has 2 heterocycles. The predicted octanol–water partition coefficient (Wildman–Crippen LogP) is 0.617. The molecule has 5 heteroatoms. The summed E-state index contributed by atoms with van der Waals surface area (Å²) in [6.07, 6.45) is 0.750. The molecule has 0 aromatic rings. The van der Waals surface area contributed by atoms with Gasteiger partial charge in [-0.05, 0) is 6.42 Å². The fourth-order valence-electron chi connectivity index (χ4n) is 1.40. The van der Waals surface area contributed by atoms with Crippen LogP contribution < -0.4 is 0 Å². The van der Waals surface area contributed by atoms with Gasteiger partial charge in [0, 0.05) is 6.42 Å². The van der Waals surface area contributed by atoms with Gasteiger partial charge in [-0.3, -0.25) is 9.59 Å². The standard InChI is InChI=1S/C8H6N2O2S/c9-3-5-1-2-6(11)10-7(12)4-13-8(5)10/h1-2,4H2. The molecular weight excluding hydrogens is 188 g/mol. The van der Waals surface area contributed by atoms with E-state index in [4.69, 9.17) is 5.26 Å². The summed E-state index contributed by atoms with van der Waals surface area (Å²) in [5.74, 6) is -0.0897. The Morgan fingerprint density at radius 3 is 2.77 bits per heavy atom. The van der Waals surface area contributed by atoms with Crippen LogP contribution in [0.1, 0.15) is 12.8 Å². The minimum Gasteiger partial charge on any atom is -0.274 e. The molecule has 0 aliphatic carbocycles. The SMILES string of the molecule is N#CC1=C2SCC(=O)N2C(=O)CC1. The maximum Gasteiger partial charge on any atom is 0.244 e. The van der Waals surface area contributed by atoms with E-state index in [9.17, 15) is 9.59 Å². The Bertz CT molecular complexity index is 367. The van der Waals surface area contributed by atoms with Gasteiger partial charge in [0.25, 0.3) is 0 Å². The molecule has 4 nitrogen and oxygen atoms in total. The zero-order valence-electron chi connectivity index (χ0n) is 6.74. The van der Waals surface area contributed by atoms with Gasteiger partial charge in [-0.1, -0.05) is 11.8 Å². The van der Waals surface area contributed by atoms with E-state index in [1.54, 1.807) is 0 Å². The van der Waals surface area contributed by atoms with Gasteiger partial charge in [0.15, 0.2) is 0 Å². The first-order chi connectivity index (χ1) is 6.24. The quantitative estimate of drug-likeness (QED) is 0.530. The number of carbonyl (C=O) groups is 2. The molecule has 0 radical (unpaired) electrons.